The Labute approximate surface area is 390 Å². The predicted octanol–water partition coefficient (Wildman–Crippen LogP) is 8.54. The molecule has 0 N–H and O–H groups in total. The standard InChI is InChI=1S/C53H61N9O5/c1-29(2)59-42-24-44-39(22-37(42)52(9,10)50(59)65)55-46(36-21-31(5)48(63)57(13)26-36)61(44)32(6)28-67-20-19-58-27-41(54-33(7)49(58)64)47-56-40-23-38-43(60(30(3)4)51(66)53(38,11)12)25-45(40)62(47)34(8)35-17-15-14-16-18-35/h14-18,21-27,29-30,32,34H,19-20,28H2,1-13H3. The van der Waals surface area contributed by atoms with Crippen molar-refractivity contribution in [3.8, 4) is 22.9 Å². The summed E-state index contributed by atoms with van der Waals surface area (Å²) < 4.78 is 14.0. The fraction of sp³-hybridized carbons (Fsp3) is 0.415. The quantitative estimate of drug-likeness (QED) is 0.111. The van der Waals surface area contributed by atoms with Crippen LogP contribution in [0.3, 0.4) is 0 Å². The Kier molecular flexibility index (Phi) is 11.1. The van der Waals surface area contributed by atoms with Crippen molar-refractivity contribution in [1.29, 1.82) is 0 Å². The lowest BCUT2D eigenvalue weighted by molar-refractivity contribution is -0.123. The molecule has 67 heavy (non-hydrogen) atoms. The van der Waals surface area contributed by atoms with E-state index < -0.39 is 10.8 Å². The molecular formula is C53H61N9O5. The molecule has 9 rings (SSSR count). The number of aryl methyl sites for hydroxylation is 3. The summed E-state index contributed by atoms with van der Waals surface area (Å²) in [5.74, 6) is 1.42. The molecule has 0 saturated heterocycles. The van der Waals surface area contributed by atoms with Gasteiger partial charge in [-0.15, -0.1) is 0 Å². The van der Waals surface area contributed by atoms with E-state index in [2.05, 4.69) is 47.2 Å². The molecule has 2 aliphatic rings. The fourth-order valence-corrected chi connectivity index (χ4v) is 10.3. The fourth-order valence-electron chi connectivity index (χ4n) is 10.3. The van der Waals surface area contributed by atoms with Crippen molar-refractivity contribution < 1.29 is 14.3 Å². The van der Waals surface area contributed by atoms with Gasteiger partial charge in [0.2, 0.25) is 11.8 Å². The Balaban J connectivity index is 1.06. The number of hydrogen-bond acceptors (Lipinski definition) is 8. The summed E-state index contributed by atoms with van der Waals surface area (Å²) in [5.41, 5.74) is 8.44. The van der Waals surface area contributed by atoms with Crippen molar-refractivity contribution in [3.63, 3.8) is 0 Å². The molecule has 6 heterocycles. The predicted molar refractivity (Wildman–Crippen MR) is 264 cm³/mol. The number of carbonyl (C=O) groups is 2. The average Bonchev–Trinajstić information content (AvgIpc) is 3.95. The van der Waals surface area contributed by atoms with Crippen molar-refractivity contribution in [2.75, 3.05) is 23.0 Å². The smallest absolute Gasteiger partial charge is 0.272 e. The Morgan fingerprint density at radius 1 is 0.657 bits per heavy atom. The summed E-state index contributed by atoms with van der Waals surface area (Å²) in [7, 11) is 1.74. The van der Waals surface area contributed by atoms with E-state index in [0.717, 1.165) is 55.7 Å². The summed E-state index contributed by atoms with van der Waals surface area (Å²) in [6, 6.07) is 19.8. The second-order valence-corrected chi connectivity index (χ2v) is 20.2. The number of aromatic nitrogens is 7. The number of anilines is 2. The van der Waals surface area contributed by atoms with E-state index in [4.69, 9.17) is 19.7 Å². The molecule has 0 fully saturated rings. The molecular weight excluding hydrogens is 843 g/mol. The number of imidazole rings is 2. The largest absolute Gasteiger partial charge is 0.377 e. The molecule has 3 aromatic carbocycles. The van der Waals surface area contributed by atoms with Gasteiger partial charge in [-0.1, -0.05) is 30.3 Å². The van der Waals surface area contributed by atoms with Gasteiger partial charge in [-0.25, -0.2) is 15.0 Å². The summed E-state index contributed by atoms with van der Waals surface area (Å²) in [5, 5.41) is 0. The van der Waals surface area contributed by atoms with Crippen molar-refractivity contribution in [1.82, 2.24) is 33.2 Å². The van der Waals surface area contributed by atoms with Gasteiger partial charge in [0.1, 0.15) is 17.2 Å². The second kappa shape index (κ2) is 16.3. The van der Waals surface area contributed by atoms with Crippen LogP contribution in [0.15, 0.2) is 82.6 Å². The van der Waals surface area contributed by atoms with E-state index in [1.807, 2.05) is 108 Å². The maximum Gasteiger partial charge on any atom is 0.272 e. The van der Waals surface area contributed by atoms with Gasteiger partial charge in [0.15, 0.2) is 5.82 Å². The van der Waals surface area contributed by atoms with Crippen LogP contribution in [-0.4, -0.2) is 70.3 Å². The Morgan fingerprint density at radius 3 is 1.76 bits per heavy atom. The van der Waals surface area contributed by atoms with Gasteiger partial charge in [-0.2, -0.15) is 0 Å². The maximum absolute atomic E-state index is 13.8. The first-order valence-electron chi connectivity index (χ1n) is 23.3. The van der Waals surface area contributed by atoms with Crippen LogP contribution in [0.2, 0.25) is 0 Å². The van der Waals surface area contributed by atoms with E-state index in [1.54, 1.807) is 36.2 Å². The second-order valence-electron chi connectivity index (χ2n) is 20.2. The molecule has 2 unspecified atom stereocenters. The van der Waals surface area contributed by atoms with E-state index >= 15 is 0 Å². The average molecular weight is 904 g/mol. The van der Waals surface area contributed by atoms with E-state index in [-0.39, 0.29) is 66.9 Å². The number of nitrogens with zero attached hydrogens (tertiary/aromatic N) is 9. The summed E-state index contributed by atoms with van der Waals surface area (Å²) in [6.07, 6.45) is 3.58. The molecule has 0 saturated carbocycles. The van der Waals surface area contributed by atoms with E-state index in [0.29, 0.717) is 28.6 Å². The molecule has 2 aliphatic heterocycles. The van der Waals surface area contributed by atoms with Crippen LogP contribution in [0.1, 0.15) is 109 Å². The van der Waals surface area contributed by atoms with Crippen LogP contribution < -0.4 is 20.9 Å². The van der Waals surface area contributed by atoms with Gasteiger partial charge in [-0.05, 0) is 130 Å². The minimum Gasteiger partial charge on any atom is -0.377 e. The molecule has 14 nitrogen and oxygen atoms in total. The number of hydrogen-bond donors (Lipinski definition) is 0. The molecule has 0 spiro atoms. The van der Waals surface area contributed by atoms with E-state index in [9.17, 15) is 19.2 Å². The SMILES string of the molecule is Cc1cc(-c2nc3cc4c(cc3n2C(C)COCCn2cc(-c3nc5cc6c(cc5n3C(C)c3ccccc3)N(C(C)C)C(=O)C6(C)C)nc(C)c2=O)N(C(C)C)C(=O)C4(C)C)cn(C)c1=O. The van der Waals surface area contributed by atoms with E-state index in [1.165, 1.54) is 0 Å². The van der Waals surface area contributed by atoms with Gasteiger partial charge < -0.3 is 32.8 Å². The first-order valence-corrected chi connectivity index (χ1v) is 23.3. The van der Waals surface area contributed by atoms with Gasteiger partial charge in [0, 0.05) is 49.2 Å². The number of fused-ring (bicyclic) bond motifs is 4. The van der Waals surface area contributed by atoms with Crippen molar-refractivity contribution in [2.45, 2.75) is 125 Å². The van der Waals surface area contributed by atoms with Crippen molar-refractivity contribution in [2.24, 2.45) is 7.05 Å². The number of rotatable bonds is 12. The summed E-state index contributed by atoms with van der Waals surface area (Å²) in [4.78, 5) is 73.1. The number of carbonyl (C=O) groups excluding carboxylic acids is 2. The van der Waals surface area contributed by atoms with Crippen LogP contribution in [-0.2, 0) is 38.7 Å². The number of benzene rings is 3. The van der Waals surface area contributed by atoms with Crippen LogP contribution in [0.25, 0.3) is 45.0 Å². The molecule has 348 valence electrons. The van der Waals surface area contributed by atoms with Crippen molar-refractivity contribution >= 4 is 45.3 Å². The number of amides is 2. The molecule has 14 heteroatoms. The van der Waals surface area contributed by atoms with Crippen LogP contribution >= 0.6 is 0 Å². The highest BCUT2D eigenvalue weighted by Crippen LogP contribution is 2.47. The van der Waals surface area contributed by atoms with Gasteiger partial charge in [0.25, 0.3) is 11.1 Å². The highest BCUT2D eigenvalue weighted by molar-refractivity contribution is 6.11. The maximum atomic E-state index is 13.8. The molecule has 0 radical (unpaired) electrons. The number of ether oxygens (including phenoxy) is 1. The zero-order chi connectivity index (χ0) is 48.2. The lowest BCUT2D eigenvalue weighted by Crippen LogP contribution is -2.40. The monoisotopic (exact) mass is 903 g/mol. The molecule has 2 atom stereocenters. The highest BCUT2D eigenvalue weighted by atomic mass is 16.5. The first kappa shape index (κ1) is 45.5. The lowest BCUT2D eigenvalue weighted by atomic mass is 9.86. The molecule has 2 amide bonds. The summed E-state index contributed by atoms with van der Waals surface area (Å²) in [6.45, 7) is 24.5. The Hall–Kier alpha value is -6.67. The third kappa shape index (κ3) is 7.22. The molecule has 4 aromatic heterocycles. The third-order valence-corrected chi connectivity index (χ3v) is 14.0. The van der Waals surface area contributed by atoms with Gasteiger partial charge in [0.05, 0.1) is 69.6 Å². The summed E-state index contributed by atoms with van der Waals surface area (Å²) >= 11 is 0. The topological polar surface area (TPSA) is 142 Å². The zero-order valence-electron chi connectivity index (χ0n) is 40.9. The molecule has 0 bridgehead atoms. The first-order chi connectivity index (χ1) is 31.6. The van der Waals surface area contributed by atoms with Crippen molar-refractivity contribution in [3.05, 3.63) is 122 Å². The van der Waals surface area contributed by atoms with Crippen LogP contribution in [0.4, 0.5) is 11.4 Å². The Bertz CT molecular complexity index is 3250. The van der Waals surface area contributed by atoms with Crippen LogP contribution in [0.5, 0.6) is 0 Å². The van der Waals surface area contributed by atoms with Crippen LogP contribution in [0, 0.1) is 13.8 Å². The number of pyridine rings is 1. The molecule has 7 aromatic rings. The lowest BCUT2D eigenvalue weighted by Gasteiger charge is -2.24. The van der Waals surface area contributed by atoms with Gasteiger partial charge in [-0.3, -0.25) is 19.2 Å². The molecule has 0 aliphatic carbocycles. The minimum absolute atomic E-state index is 0.0344. The minimum atomic E-state index is -0.720. The Morgan fingerprint density at radius 2 is 1.21 bits per heavy atom. The van der Waals surface area contributed by atoms with Gasteiger partial charge >= 0.3 is 0 Å². The highest BCUT2D eigenvalue weighted by Gasteiger charge is 2.47. The normalized spacial score (nSPS) is 16.3. The third-order valence-electron chi connectivity index (χ3n) is 14.0. The zero-order valence-corrected chi connectivity index (χ0v) is 40.9.